The molecule has 3 aromatic heterocycles. The molecule has 0 aliphatic carbocycles. The average Bonchev–Trinajstić information content (AvgIpc) is 3.61. The number of amides is 2. The van der Waals surface area contributed by atoms with Crippen LogP contribution in [0.1, 0.15) is 16.1 Å². The van der Waals surface area contributed by atoms with Crippen LogP contribution in [0.4, 0.5) is 14.5 Å². The molecule has 43 heavy (non-hydrogen) atoms. The van der Waals surface area contributed by atoms with E-state index in [9.17, 15) is 18.4 Å². The minimum absolute atomic E-state index is 0.0284. The van der Waals surface area contributed by atoms with Gasteiger partial charge in [0.2, 0.25) is 11.8 Å². The highest BCUT2D eigenvalue weighted by atomic mass is 35.5. The molecule has 0 saturated carbocycles. The summed E-state index contributed by atoms with van der Waals surface area (Å²) in [6.07, 6.45) is 6.31. The number of halogens is 3. The largest absolute Gasteiger partial charge is 0.417 e. The maximum Gasteiger partial charge on any atom is 0.388 e. The second kappa shape index (κ2) is 12.8. The third kappa shape index (κ3) is 7.04. The van der Waals surface area contributed by atoms with Crippen molar-refractivity contribution in [1.82, 2.24) is 29.6 Å². The number of ether oxygens (including phenoxy) is 1. The third-order valence-corrected chi connectivity index (χ3v) is 7.06. The first-order chi connectivity index (χ1) is 20.7. The van der Waals surface area contributed by atoms with E-state index in [0.29, 0.717) is 27.4 Å². The van der Waals surface area contributed by atoms with Gasteiger partial charge in [-0.15, -0.1) is 0 Å². The summed E-state index contributed by atoms with van der Waals surface area (Å²) in [6, 6.07) is 15.8. The smallest absolute Gasteiger partial charge is 0.388 e. The van der Waals surface area contributed by atoms with Crippen molar-refractivity contribution in [2.45, 2.75) is 19.1 Å². The van der Waals surface area contributed by atoms with E-state index in [-0.39, 0.29) is 18.0 Å². The molecule has 220 valence electrons. The number of pyridine rings is 1. The second-order valence-corrected chi connectivity index (χ2v) is 10.0. The molecule has 5 aromatic rings. The quantitative estimate of drug-likeness (QED) is 0.228. The highest BCUT2D eigenvalue weighted by molar-refractivity contribution is 6.31. The number of rotatable bonds is 10. The van der Waals surface area contributed by atoms with E-state index in [1.165, 1.54) is 29.2 Å². The summed E-state index contributed by atoms with van der Waals surface area (Å²) in [6.45, 7) is -3.02. The maximum absolute atomic E-state index is 13.6. The van der Waals surface area contributed by atoms with Crippen LogP contribution in [0, 0.1) is 0 Å². The molecule has 0 fully saturated rings. The van der Waals surface area contributed by atoms with E-state index in [4.69, 9.17) is 11.6 Å². The molecule has 0 radical (unpaired) electrons. The van der Waals surface area contributed by atoms with Gasteiger partial charge >= 0.3 is 6.61 Å². The molecule has 1 unspecified atom stereocenters. The number of nitrogens with one attached hydrogen (secondary N) is 2. The van der Waals surface area contributed by atoms with E-state index in [0.717, 1.165) is 11.3 Å². The molecule has 2 N–H and O–H groups in total. The summed E-state index contributed by atoms with van der Waals surface area (Å²) in [5.74, 6) is -1.21. The number of nitrogens with zero attached hydrogens (tertiary/aromatic N) is 5. The van der Waals surface area contributed by atoms with Crippen LogP contribution in [-0.4, -0.2) is 48.8 Å². The van der Waals surface area contributed by atoms with E-state index in [2.05, 4.69) is 30.4 Å². The van der Waals surface area contributed by atoms with Gasteiger partial charge in [0.1, 0.15) is 11.7 Å². The predicted molar refractivity (Wildman–Crippen MR) is 157 cm³/mol. The van der Waals surface area contributed by atoms with Crippen molar-refractivity contribution in [3.05, 3.63) is 102 Å². The summed E-state index contributed by atoms with van der Waals surface area (Å²) in [4.78, 5) is 34.6. The van der Waals surface area contributed by atoms with Gasteiger partial charge in [-0.3, -0.25) is 14.3 Å². The molecule has 0 aliphatic rings. The van der Waals surface area contributed by atoms with Crippen molar-refractivity contribution in [3.63, 3.8) is 0 Å². The zero-order chi connectivity index (χ0) is 30.5. The van der Waals surface area contributed by atoms with Crippen LogP contribution < -0.4 is 15.4 Å². The number of aromatic nitrogens is 5. The van der Waals surface area contributed by atoms with Crippen LogP contribution >= 0.6 is 11.6 Å². The van der Waals surface area contributed by atoms with Crippen molar-refractivity contribution in [2.75, 3.05) is 5.32 Å². The van der Waals surface area contributed by atoms with E-state index in [1.807, 2.05) is 23.7 Å². The molecule has 1 atom stereocenters. The molecule has 13 heteroatoms. The lowest BCUT2D eigenvalue weighted by Crippen LogP contribution is -2.45. The molecular weight excluding hydrogens is 580 g/mol. The fourth-order valence-corrected chi connectivity index (χ4v) is 4.70. The minimum Gasteiger partial charge on any atom is -0.417 e. The lowest BCUT2D eigenvalue weighted by atomic mass is 9.99. The van der Waals surface area contributed by atoms with Gasteiger partial charge in [0.15, 0.2) is 0 Å². The summed E-state index contributed by atoms with van der Waals surface area (Å²) >= 11 is 6.53. The Hall–Kier alpha value is -5.10. The van der Waals surface area contributed by atoms with Crippen LogP contribution in [0.25, 0.3) is 22.4 Å². The van der Waals surface area contributed by atoms with Crippen LogP contribution in [0.2, 0.25) is 5.02 Å². The Kier molecular flexibility index (Phi) is 8.77. The normalized spacial score (nSPS) is 11.8. The van der Waals surface area contributed by atoms with Gasteiger partial charge in [-0.1, -0.05) is 29.8 Å². The van der Waals surface area contributed by atoms with Crippen molar-refractivity contribution in [1.29, 1.82) is 0 Å². The van der Waals surface area contributed by atoms with Crippen LogP contribution in [0.5, 0.6) is 5.88 Å². The minimum atomic E-state index is -3.02. The number of benzene rings is 2. The SMILES string of the molecule is Cn1cncc1-c1ccc(NC(=O)C(Cc2cc(-c3ccnc(OC(F)F)c3)ccc2Cl)NC(=O)c2ccnn2C)cc1. The zero-order valence-corrected chi connectivity index (χ0v) is 23.8. The standard InChI is InChI=1S/C30H26ClF2N7O3/c1-39-17-34-16-26(39)18-3-6-22(7-4-18)37-28(41)24(38-29(42)25-10-12-36-40(25)2)14-21-13-19(5-8-23(21)31)20-9-11-35-27(15-20)43-30(32)33/h3-13,15-17,24,30H,14H2,1-2H3,(H,37,41)(H,38,42). The maximum atomic E-state index is 13.6. The van der Waals surface area contributed by atoms with Gasteiger partial charge < -0.3 is 19.9 Å². The third-order valence-electron chi connectivity index (χ3n) is 6.69. The van der Waals surface area contributed by atoms with Crippen LogP contribution in [-0.2, 0) is 25.3 Å². The lowest BCUT2D eigenvalue weighted by molar-refractivity contribution is -0.118. The van der Waals surface area contributed by atoms with E-state index >= 15 is 0 Å². The summed E-state index contributed by atoms with van der Waals surface area (Å²) in [7, 11) is 3.51. The van der Waals surface area contributed by atoms with E-state index < -0.39 is 24.5 Å². The number of alkyl halides is 2. The summed E-state index contributed by atoms with van der Waals surface area (Å²) < 4.78 is 33.1. The lowest BCUT2D eigenvalue weighted by Gasteiger charge is -2.20. The molecule has 2 aromatic carbocycles. The molecular formula is C30H26ClF2N7O3. The fraction of sp³-hybridized carbons (Fsp3) is 0.167. The van der Waals surface area contributed by atoms with Gasteiger partial charge in [-0.25, -0.2) is 9.97 Å². The predicted octanol–water partition coefficient (Wildman–Crippen LogP) is 5.12. The molecule has 10 nitrogen and oxygen atoms in total. The Morgan fingerprint density at radius 3 is 2.40 bits per heavy atom. The van der Waals surface area contributed by atoms with Crippen molar-refractivity contribution in [2.24, 2.45) is 14.1 Å². The Labute approximate surface area is 250 Å². The Bertz CT molecular complexity index is 1750. The number of carbonyl (C=O) groups excluding carboxylic acids is 2. The monoisotopic (exact) mass is 605 g/mol. The van der Waals surface area contributed by atoms with Crippen LogP contribution in [0.15, 0.2) is 85.6 Å². The first kappa shape index (κ1) is 29.4. The Morgan fingerprint density at radius 2 is 1.72 bits per heavy atom. The average molecular weight is 606 g/mol. The molecule has 3 heterocycles. The molecule has 0 bridgehead atoms. The summed E-state index contributed by atoms with van der Waals surface area (Å²) in [5.41, 5.74) is 4.35. The number of aryl methyl sites for hydroxylation is 2. The molecule has 2 amide bonds. The van der Waals surface area contributed by atoms with Crippen molar-refractivity contribution < 1.29 is 23.1 Å². The number of hydrogen-bond acceptors (Lipinski definition) is 6. The number of hydrogen-bond donors (Lipinski definition) is 2. The highest BCUT2D eigenvalue weighted by Crippen LogP contribution is 2.28. The van der Waals surface area contributed by atoms with E-state index in [1.54, 1.807) is 56.0 Å². The molecule has 0 saturated heterocycles. The van der Waals surface area contributed by atoms with Gasteiger partial charge in [-0.2, -0.15) is 13.9 Å². The number of carbonyl (C=O) groups is 2. The zero-order valence-electron chi connectivity index (χ0n) is 23.0. The topological polar surface area (TPSA) is 116 Å². The fourth-order valence-electron chi connectivity index (χ4n) is 4.50. The molecule has 5 rings (SSSR count). The van der Waals surface area contributed by atoms with Crippen LogP contribution in [0.3, 0.4) is 0 Å². The highest BCUT2D eigenvalue weighted by Gasteiger charge is 2.25. The Morgan fingerprint density at radius 1 is 0.977 bits per heavy atom. The van der Waals surface area contributed by atoms with Gasteiger partial charge in [0.05, 0.1) is 18.2 Å². The molecule has 0 spiro atoms. The summed E-state index contributed by atoms with van der Waals surface area (Å²) in [5, 5.41) is 10.0. The van der Waals surface area contributed by atoms with Crippen molar-refractivity contribution >= 4 is 29.1 Å². The van der Waals surface area contributed by atoms with Gasteiger partial charge in [0, 0.05) is 49.7 Å². The second-order valence-electron chi connectivity index (χ2n) is 9.59. The number of imidazole rings is 1. The van der Waals surface area contributed by atoms with Crippen molar-refractivity contribution in [3.8, 4) is 28.3 Å². The van der Waals surface area contributed by atoms with Gasteiger partial charge in [-0.05, 0) is 58.7 Å². The Balaban J connectivity index is 1.40. The number of anilines is 1. The first-order valence-corrected chi connectivity index (χ1v) is 13.4. The molecule has 0 aliphatic heterocycles. The first-order valence-electron chi connectivity index (χ1n) is 13.0. The van der Waals surface area contributed by atoms with Gasteiger partial charge in [0.25, 0.3) is 5.91 Å².